The molecule has 4 heteroatoms. The van der Waals surface area contributed by atoms with Crippen LogP contribution in [0.5, 0.6) is 11.5 Å². The zero-order valence-electron chi connectivity index (χ0n) is 12.0. The first kappa shape index (κ1) is 14.7. The molecular weight excluding hydrogens is 384 g/mol. The van der Waals surface area contributed by atoms with Crippen molar-refractivity contribution in [3.05, 3.63) is 22.2 Å². The summed E-state index contributed by atoms with van der Waals surface area (Å²) in [5.74, 6) is 1.65. The molecule has 0 aromatic heterocycles. The molecule has 0 bridgehead atoms. The van der Waals surface area contributed by atoms with Gasteiger partial charge >= 0.3 is 0 Å². The lowest BCUT2D eigenvalue weighted by atomic mass is 9.59. The van der Waals surface area contributed by atoms with Crippen molar-refractivity contribution in [3.63, 3.8) is 0 Å². The quantitative estimate of drug-likeness (QED) is 0.614. The Morgan fingerprint density at radius 3 is 2.70 bits per heavy atom. The molecule has 1 saturated carbocycles. The number of fused-ring (bicyclic) bond motifs is 2. The maximum Gasteiger partial charge on any atom is 0.130 e. The third kappa shape index (κ3) is 2.10. The fourth-order valence-electron chi connectivity index (χ4n) is 3.88. The monoisotopic (exact) mass is 402 g/mol. The fraction of sp³-hybridized carbons (Fsp3) is 0.625. The van der Waals surface area contributed by atoms with E-state index in [9.17, 15) is 5.11 Å². The van der Waals surface area contributed by atoms with Crippen LogP contribution in [-0.2, 0) is 6.42 Å². The molecule has 20 heavy (non-hydrogen) atoms. The number of benzene rings is 1. The summed E-state index contributed by atoms with van der Waals surface area (Å²) < 4.78 is 7.08. The number of aromatic hydroxyl groups is 1. The van der Waals surface area contributed by atoms with Gasteiger partial charge in [0.15, 0.2) is 0 Å². The van der Waals surface area contributed by atoms with Crippen LogP contribution in [-0.4, -0.2) is 15.5 Å². The van der Waals surface area contributed by atoms with Gasteiger partial charge in [-0.1, -0.05) is 29.8 Å². The normalized spacial score (nSPS) is 34.9. The SMILES string of the molecule is CC1(C)[C@@H](Br)CC[C@@]2(C)Oc3cc(Br)c(O)cc3C[C@@H]12. The highest BCUT2D eigenvalue weighted by Crippen LogP contribution is 2.55. The van der Waals surface area contributed by atoms with E-state index in [4.69, 9.17) is 4.74 Å². The van der Waals surface area contributed by atoms with Gasteiger partial charge in [-0.3, -0.25) is 0 Å². The zero-order valence-corrected chi connectivity index (χ0v) is 15.2. The lowest BCUT2D eigenvalue weighted by Crippen LogP contribution is -2.57. The second-order valence-corrected chi connectivity index (χ2v) is 8.87. The lowest BCUT2D eigenvalue weighted by molar-refractivity contribution is -0.0773. The molecule has 0 spiro atoms. The molecule has 110 valence electrons. The van der Waals surface area contributed by atoms with E-state index < -0.39 is 0 Å². The Balaban J connectivity index is 2.06. The lowest BCUT2D eigenvalue weighted by Gasteiger charge is -2.55. The number of phenolic OH excluding ortho intramolecular Hbond substituents is 1. The first-order chi connectivity index (χ1) is 9.24. The highest BCUT2D eigenvalue weighted by Gasteiger charge is 2.54. The van der Waals surface area contributed by atoms with Crippen molar-refractivity contribution in [2.75, 3.05) is 0 Å². The second-order valence-electron chi connectivity index (χ2n) is 6.91. The summed E-state index contributed by atoms with van der Waals surface area (Å²) in [6.45, 7) is 6.88. The number of hydrogen-bond donors (Lipinski definition) is 1. The maximum absolute atomic E-state index is 9.91. The number of alkyl halides is 1. The fourth-order valence-corrected chi connectivity index (χ4v) is 4.75. The molecule has 2 nitrogen and oxygen atoms in total. The van der Waals surface area contributed by atoms with E-state index in [1.54, 1.807) is 0 Å². The van der Waals surface area contributed by atoms with E-state index in [0.717, 1.165) is 30.6 Å². The van der Waals surface area contributed by atoms with Gasteiger partial charge in [-0.05, 0) is 65.2 Å². The Labute approximate surface area is 137 Å². The average molecular weight is 404 g/mol. The molecule has 3 atom stereocenters. The smallest absolute Gasteiger partial charge is 0.130 e. The van der Waals surface area contributed by atoms with Gasteiger partial charge in [0.2, 0.25) is 0 Å². The molecule has 1 heterocycles. The molecule has 0 saturated heterocycles. The number of phenols is 1. The number of hydrogen-bond acceptors (Lipinski definition) is 2. The summed E-state index contributed by atoms with van der Waals surface area (Å²) in [7, 11) is 0. The standard InChI is InChI=1S/C16H20Br2O2/c1-15(2)13-7-9-6-11(19)10(17)8-12(9)20-16(13,3)5-4-14(15)18/h6,8,13-14,19H,4-5,7H2,1-3H3/t13-,14-,16+/m0/s1. The third-order valence-electron chi connectivity index (χ3n) is 5.23. The molecule has 0 unspecified atom stereocenters. The average Bonchev–Trinajstić information content (AvgIpc) is 2.36. The Bertz CT molecular complexity index is 556. The topological polar surface area (TPSA) is 29.5 Å². The summed E-state index contributed by atoms with van der Waals surface area (Å²) in [6, 6.07) is 3.74. The third-order valence-corrected chi connectivity index (χ3v) is 7.51. The molecule has 2 aliphatic rings. The molecule has 3 rings (SSSR count). The van der Waals surface area contributed by atoms with Gasteiger partial charge in [-0.2, -0.15) is 0 Å². The Hall–Kier alpha value is -0.220. The predicted octanol–water partition coefficient (Wildman–Crippen LogP) is 5.05. The highest BCUT2D eigenvalue weighted by molar-refractivity contribution is 9.10. The molecule has 1 aliphatic heterocycles. The van der Waals surface area contributed by atoms with Gasteiger partial charge in [0.25, 0.3) is 0 Å². The van der Waals surface area contributed by atoms with Crippen molar-refractivity contribution < 1.29 is 9.84 Å². The van der Waals surface area contributed by atoms with Gasteiger partial charge < -0.3 is 9.84 Å². The van der Waals surface area contributed by atoms with Crippen LogP contribution in [0, 0.1) is 11.3 Å². The van der Waals surface area contributed by atoms with Crippen molar-refractivity contribution in [3.8, 4) is 11.5 Å². The summed E-state index contributed by atoms with van der Waals surface area (Å²) in [6.07, 6.45) is 3.16. The maximum atomic E-state index is 9.91. The van der Waals surface area contributed by atoms with E-state index >= 15 is 0 Å². The van der Waals surface area contributed by atoms with E-state index in [-0.39, 0.29) is 11.0 Å². The minimum Gasteiger partial charge on any atom is -0.507 e. The first-order valence-electron chi connectivity index (χ1n) is 7.08. The minimum atomic E-state index is -0.114. The van der Waals surface area contributed by atoms with Crippen LogP contribution >= 0.6 is 31.9 Å². The van der Waals surface area contributed by atoms with Gasteiger partial charge in [-0.15, -0.1) is 0 Å². The molecule has 1 aliphatic carbocycles. The number of rotatable bonds is 0. The van der Waals surface area contributed by atoms with Crippen LogP contribution in [0.2, 0.25) is 0 Å². The summed E-state index contributed by atoms with van der Waals surface area (Å²) in [5, 5.41) is 9.91. The summed E-state index contributed by atoms with van der Waals surface area (Å²) in [5.41, 5.74) is 1.17. The minimum absolute atomic E-state index is 0.114. The van der Waals surface area contributed by atoms with Gasteiger partial charge in [-0.25, -0.2) is 0 Å². The van der Waals surface area contributed by atoms with E-state index in [0.29, 0.717) is 21.0 Å². The summed E-state index contributed by atoms with van der Waals surface area (Å²) in [4.78, 5) is 0.516. The molecule has 0 radical (unpaired) electrons. The van der Waals surface area contributed by atoms with Crippen LogP contribution < -0.4 is 4.74 Å². The van der Waals surface area contributed by atoms with E-state index in [1.807, 2.05) is 12.1 Å². The van der Waals surface area contributed by atoms with Crippen molar-refractivity contribution in [2.45, 2.75) is 50.5 Å². The van der Waals surface area contributed by atoms with Crippen LogP contribution in [0.4, 0.5) is 0 Å². The first-order valence-corrected chi connectivity index (χ1v) is 8.79. The van der Waals surface area contributed by atoms with Gasteiger partial charge in [0.1, 0.15) is 17.1 Å². The van der Waals surface area contributed by atoms with Crippen LogP contribution in [0.1, 0.15) is 39.2 Å². The number of ether oxygens (including phenoxy) is 1. The Morgan fingerprint density at radius 2 is 2.00 bits per heavy atom. The largest absolute Gasteiger partial charge is 0.507 e. The van der Waals surface area contributed by atoms with Crippen molar-refractivity contribution in [1.82, 2.24) is 0 Å². The second kappa shape index (κ2) is 4.64. The van der Waals surface area contributed by atoms with Gasteiger partial charge in [0.05, 0.1) is 4.47 Å². The van der Waals surface area contributed by atoms with Crippen LogP contribution in [0.25, 0.3) is 0 Å². The molecular formula is C16H20Br2O2. The molecule has 1 aromatic carbocycles. The van der Waals surface area contributed by atoms with E-state index in [1.165, 1.54) is 0 Å². The molecule has 0 amide bonds. The molecule has 1 N–H and O–H groups in total. The Morgan fingerprint density at radius 1 is 1.30 bits per heavy atom. The highest BCUT2D eigenvalue weighted by atomic mass is 79.9. The van der Waals surface area contributed by atoms with Crippen LogP contribution in [0.15, 0.2) is 16.6 Å². The zero-order chi connectivity index (χ0) is 14.7. The Kier molecular flexibility index (Phi) is 3.41. The van der Waals surface area contributed by atoms with Crippen molar-refractivity contribution in [2.24, 2.45) is 11.3 Å². The van der Waals surface area contributed by atoms with Crippen LogP contribution in [0.3, 0.4) is 0 Å². The number of halogens is 2. The molecule has 1 aromatic rings. The van der Waals surface area contributed by atoms with E-state index in [2.05, 4.69) is 52.6 Å². The van der Waals surface area contributed by atoms with Crippen molar-refractivity contribution >= 4 is 31.9 Å². The van der Waals surface area contributed by atoms with Crippen molar-refractivity contribution in [1.29, 1.82) is 0 Å². The summed E-state index contributed by atoms with van der Waals surface area (Å²) >= 11 is 7.22. The molecule has 1 fully saturated rings. The predicted molar refractivity (Wildman–Crippen MR) is 87.8 cm³/mol. The van der Waals surface area contributed by atoms with Gasteiger partial charge in [0, 0.05) is 10.7 Å².